The number of nitriles is 1. The third kappa shape index (κ3) is 6.16. The molecule has 0 spiro atoms. The van der Waals surface area contributed by atoms with Crippen LogP contribution in [0.4, 0.5) is 0 Å². The number of nitrogens with zero attached hydrogens (tertiary/aromatic N) is 6. The first-order valence-electron chi connectivity index (χ1n) is 10.3. The average molecular weight is 553 g/mol. The van der Waals surface area contributed by atoms with Crippen molar-refractivity contribution in [1.82, 2.24) is 25.0 Å². The number of thiazole rings is 2. The van der Waals surface area contributed by atoms with Crippen LogP contribution in [0.2, 0.25) is 5.15 Å². The minimum atomic E-state index is -0.923. The average Bonchev–Trinajstić information content (AvgIpc) is 3.60. The van der Waals surface area contributed by atoms with Gasteiger partial charge in [-0.2, -0.15) is 5.26 Å². The maximum atomic E-state index is 10.1. The molecule has 0 fully saturated rings. The Morgan fingerprint density at radius 2 is 2.14 bits per heavy atom. The maximum absolute atomic E-state index is 10.1. The quantitative estimate of drug-likeness (QED) is 0.210. The van der Waals surface area contributed by atoms with E-state index in [0.717, 1.165) is 10.2 Å². The van der Waals surface area contributed by atoms with E-state index in [0.29, 0.717) is 26.3 Å². The molecule has 0 saturated heterocycles. The third-order valence-electron chi connectivity index (χ3n) is 5.03. The molecule has 0 radical (unpaired) electrons. The highest BCUT2D eigenvalue weighted by Gasteiger charge is 2.30. The summed E-state index contributed by atoms with van der Waals surface area (Å²) in [5.41, 5.74) is 2.77. The van der Waals surface area contributed by atoms with Gasteiger partial charge in [-0.25, -0.2) is 14.6 Å². The molecule has 0 aliphatic carbocycles. The molecule has 14 heteroatoms. The Labute approximate surface area is 218 Å². The van der Waals surface area contributed by atoms with E-state index in [2.05, 4.69) is 26.3 Å². The molecule has 4 atom stereocenters. The first-order valence-corrected chi connectivity index (χ1v) is 13.4. The van der Waals surface area contributed by atoms with Crippen LogP contribution in [-0.4, -0.2) is 72.6 Å². The lowest BCUT2D eigenvalue weighted by Gasteiger charge is -2.30. The normalized spacial score (nSPS) is 15.1. The number of aliphatic hydroxyl groups excluding tert-OH is 2. The molecule has 0 bridgehead atoms. The van der Waals surface area contributed by atoms with Crippen molar-refractivity contribution in [2.24, 2.45) is 0 Å². The van der Waals surface area contributed by atoms with Crippen molar-refractivity contribution < 1.29 is 19.7 Å². The SMILES string of the molecule is CO[C@@H](Cn1cc(-c2nc(Cl)cs2)nn1)C(OC(CO)[C@@H](C)O)Sc1cc2scnc2cc1C#N. The highest BCUT2D eigenvalue weighted by Crippen LogP contribution is 2.35. The number of rotatable bonds is 11. The number of methoxy groups -OCH3 is 1. The number of fused-ring (bicyclic) bond motifs is 1. The molecular formula is C21H21ClN6O4S3. The fourth-order valence-electron chi connectivity index (χ4n) is 3.18. The van der Waals surface area contributed by atoms with Crippen molar-refractivity contribution in [3.05, 3.63) is 39.9 Å². The van der Waals surface area contributed by atoms with Crippen molar-refractivity contribution in [1.29, 1.82) is 5.26 Å². The van der Waals surface area contributed by atoms with E-state index in [-0.39, 0.29) is 13.2 Å². The van der Waals surface area contributed by atoms with Gasteiger partial charge in [0.15, 0.2) is 0 Å². The molecule has 4 aromatic rings. The van der Waals surface area contributed by atoms with Crippen LogP contribution >= 0.6 is 46.0 Å². The van der Waals surface area contributed by atoms with E-state index in [1.165, 1.54) is 48.5 Å². The Morgan fingerprint density at radius 1 is 1.31 bits per heavy atom. The molecular weight excluding hydrogens is 532 g/mol. The summed E-state index contributed by atoms with van der Waals surface area (Å²) in [6.45, 7) is 1.41. The molecule has 3 heterocycles. The van der Waals surface area contributed by atoms with Crippen molar-refractivity contribution >= 4 is 56.3 Å². The predicted molar refractivity (Wildman–Crippen MR) is 135 cm³/mol. The zero-order chi connectivity index (χ0) is 24.9. The van der Waals surface area contributed by atoms with Gasteiger partial charge >= 0.3 is 0 Å². The molecule has 1 aromatic carbocycles. The molecule has 3 aromatic heterocycles. The van der Waals surface area contributed by atoms with Crippen LogP contribution in [-0.2, 0) is 16.0 Å². The van der Waals surface area contributed by atoms with Gasteiger partial charge in [0.05, 0.1) is 46.7 Å². The van der Waals surface area contributed by atoms with Gasteiger partial charge in [-0.3, -0.25) is 0 Å². The highest BCUT2D eigenvalue weighted by atomic mass is 35.5. The van der Waals surface area contributed by atoms with Crippen LogP contribution in [0.1, 0.15) is 12.5 Å². The summed E-state index contributed by atoms with van der Waals surface area (Å²) in [6.07, 6.45) is -0.629. The van der Waals surface area contributed by atoms with Gasteiger partial charge in [0.2, 0.25) is 0 Å². The first kappa shape index (κ1) is 25.9. The van der Waals surface area contributed by atoms with Crippen molar-refractivity contribution in [3.63, 3.8) is 0 Å². The predicted octanol–water partition coefficient (Wildman–Crippen LogP) is 3.43. The molecule has 2 unspecified atom stereocenters. The summed E-state index contributed by atoms with van der Waals surface area (Å²) in [7, 11) is 1.54. The smallest absolute Gasteiger partial charge is 0.147 e. The molecule has 35 heavy (non-hydrogen) atoms. The number of hydrogen-bond donors (Lipinski definition) is 2. The fraction of sp³-hybridized carbons (Fsp3) is 0.381. The summed E-state index contributed by atoms with van der Waals surface area (Å²) in [5.74, 6) is 0. The number of aromatic nitrogens is 5. The molecule has 10 nitrogen and oxygen atoms in total. The Kier molecular flexibility index (Phi) is 8.68. The molecule has 0 aliphatic heterocycles. The van der Waals surface area contributed by atoms with Crippen molar-refractivity contribution in [3.8, 4) is 16.8 Å². The second kappa shape index (κ2) is 11.7. The van der Waals surface area contributed by atoms with E-state index < -0.39 is 23.7 Å². The number of halogens is 1. The van der Waals surface area contributed by atoms with Gasteiger partial charge in [0.25, 0.3) is 0 Å². The zero-order valence-electron chi connectivity index (χ0n) is 18.6. The Bertz CT molecular complexity index is 1320. The lowest BCUT2D eigenvalue weighted by Crippen LogP contribution is -2.40. The second-order valence-corrected chi connectivity index (χ2v) is 10.7. The number of benzene rings is 1. The third-order valence-corrected chi connectivity index (χ3v) is 8.25. The lowest BCUT2D eigenvalue weighted by molar-refractivity contribution is -0.105. The second-order valence-electron chi connectivity index (χ2n) is 7.44. The van der Waals surface area contributed by atoms with E-state index in [4.69, 9.17) is 21.1 Å². The van der Waals surface area contributed by atoms with Gasteiger partial charge in [0, 0.05) is 17.4 Å². The fourth-order valence-corrected chi connectivity index (χ4v) is 6.06. The van der Waals surface area contributed by atoms with E-state index in [9.17, 15) is 15.5 Å². The molecule has 0 amide bonds. The first-order chi connectivity index (χ1) is 16.9. The summed E-state index contributed by atoms with van der Waals surface area (Å²) in [5, 5.41) is 40.6. The van der Waals surface area contributed by atoms with E-state index in [1.807, 2.05) is 6.07 Å². The van der Waals surface area contributed by atoms with Crippen LogP contribution in [0.25, 0.3) is 20.9 Å². The minimum absolute atomic E-state index is 0.253. The maximum Gasteiger partial charge on any atom is 0.147 e. The Hall–Kier alpha value is -2.15. The number of aliphatic hydroxyl groups is 2. The van der Waals surface area contributed by atoms with Crippen LogP contribution in [0.15, 0.2) is 34.1 Å². The summed E-state index contributed by atoms with van der Waals surface area (Å²) >= 11 is 10.0. The summed E-state index contributed by atoms with van der Waals surface area (Å²) in [4.78, 5) is 9.16. The standard InChI is InChI=1S/C21H21ClN6O4S3/c1-11(30)16(8-29)32-21(35-17-4-18-13(24-10-34-18)3-12(17)5-23)15(31-2)7-28-6-14(26-27-28)20-25-19(22)9-33-20/h3-4,6,9-11,15-16,21,29-30H,7-8H2,1-2H3/t11-,15+,16?,21?/m1/s1. The van der Waals surface area contributed by atoms with Crippen LogP contribution in [0.5, 0.6) is 0 Å². The minimum Gasteiger partial charge on any atom is -0.394 e. The lowest BCUT2D eigenvalue weighted by atomic mass is 10.2. The van der Waals surface area contributed by atoms with Gasteiger partial charge in [0.1, 0.15) is 39.6 Å². The molecule has 0 saturated carbocycles. The summed E-state index contributed by atoms with van der Waals surface area (Å²) in [6, 6.07) is 5.82. The Morgan fingerprint density at radius 3 is 2.80 bits per heavy atom. The van der Waals surface area contributed by atoms with Crippen molar-refractivity contribution in [2.45, 2.75) is 42.1 Å². The molecule has 184 valence electrons. The van der Waals surface area contributed by atoms with E-state index >= 15 is 0 Å². The molecule has 0 aliphatic rings. The van der Waals surface area contributed by atoms with Gasteiger partial charge in [-0.15, -0.1) is 27.8 Å². The summed E-state index contributed by atoms with van der Waals surface area (Å²) < 4.78 is 14.4. The van der Waals surface area contributed by atoms with Crippen LogP contribution < -0.4 is 0 Å². The zero-order valence-corrected chi connectivity index (χ0v) is 21.8. The molecule has 4 rings (SSSR count). The van der Waals surface area contributed by atoms with Gasteiger partial charge in [-0.05, 0) is 19.1 Å². The number of ether oxygens (including phenoxy) is 2. The van der Waals surface area contributed by atoms with Gasteiger partial charge in [-0.1, -0.05) is 28.6 Å². The topological polar surface area (TPSA) is 139 Å². The number of hydrogen-bond acceptors (Lipinski definition) is 12. The highest BCUT2D eigenvalue weighted by molar-refractivity contribution is 8.00. The largest absolute Gasteiger partial charge is 0.394 e. The van der Waals surface area contributed by atoms with Crippen molar-refractivity contribution in [2.75, 3.05) is 13.7 Å². The van der Waals surface area contributed by atoms with Gasteiger partial charge < -0.3 is 19.7 Å². The molecule has 2 N–H and O–H groups in total. The monoisotopic (exact) mass is 552 g/mol. The van der Waals surface area contributed by atoms with E-state index in [1.54, 1.807) is 27.8 Å². The van der Waals surface area contributed by atoms with Crippen LogP contribution in [0, 0.1) is 11.3 Å². The Balaban J connectivity index is 1.62. The number of thioether (sulfide) groups is 1. The van der Waals surface area contributed by atoms with Crippen LogP contribution in [0.3, 0.4) is 0 Å².